The topological polar surface area (TPSA) is 34.1 Å². The third-order valence-corrected chi connectivity index (χ3v) is 4.63. The van der Waals surface area contributed by atoms with E-state index in [-0.39, 0.29) is 11.7 Å². The highest BCUT2D eigenvalue weighted by Gasteiger charge is 2.15. The molecule has 95 valence electrons. The highest BCUT2D eigenvalue weighted by atomic mass is 32.2. The molecule has 0 amide bonds. The minimum absolute atomic E-state index is 0.203. The average Bonchev–Trinajstić information content (AvgIpc) is 2.35. The van der Waals surface area contributed by atoms with E-state index in [9.17, 15) is 8.42 Å². The van der Waals surface area contributed by atoms with Gasteiger partial charge in [-0.1, -0.05) is 51.3 Å². The predicted molar refractivity (Wildman–Crippen MR) is 71.5 cm³/mol. The van der Waals surface area contributed by atoms with Gasteiger partial charge in [0.2, 0.25) is 0 Å². The maximum Gasteiger partial charge on any atom is 0.178 e. The highest BCUT2D eigenvalue weighted by Crippen LogP contribution is 2.16. The standard InChI is InChI=1S/C14H21O2S/c1-3-4-8-13(2)11-12-17(15,16)14-9-6-5-7-10-14/h5-7,9-10,13H,2-4,8,11-12H2,1H3. The molecule has 1 atom stereocenters. The molecule has 1 unspecified atom stereocenters. The first-order valence-electron chi connectivity index (χ1n) is 6.17. The van der Waals surface area contributed by atoms with Crippen LogP contribution in [0.1, 0.15) is 32.6 Å². The van der Waals surface area contributed by atoms with Gasteiger partial charge >= 0.3 is 0 Å². The molecule has 0 aliphatic rings. The molecule has 17 heavy (non-hydrogen) atoms. The molecule has 1 radical (unpaired) electrons. The molecule has 0 heterocycles. The van der Waals surface area contributed by atoms with E-state index in [4.69, 9.17) is 0 Å². The fourth-order valence-corrected chi connectivity index (χ4v) is 3.16. The maximum absolute atomic E-state index is 12.0. The first-order chi connectivity index (χ1) is 8.06. The Morgan fingerprint density at radius 2 is 1.82 bits per heavy atom. The Morgan fingerprint density at radius 1 is 1.18 bits per heavy atom. The Labute approximate surface area is 105 Å². The zero-order chi connectivity index (χ0) is 12.7. The number of hydrogen-bond donors (Lipinski definition) is 0. The first kappa shape index (κ1) is 14.2. The van der Waals surface area contributed by atoms with Crippen molar-refractivity contribution in [1.29, 1.82) is 0 Å². The Kier molecular flexibility index (Phi) is 5.69. The molecule has 0 spiro atoms. The molecule has 0 aliphatic carbocycles. The van der Waals surface area contributed by atoms with Crippen LogP contribution in [0.15, 0.2) is 35.2 Å². The molecule has 0 bridgehead atoms. The van der Waals surface area contributed by atoms with Gasteiger partial charge in [0.15, 0.2) is 9.84 Å². The van der Waals surface area contributed by atoms with E-state index in [2.05, 4.69) is 13.8 Å². The lowest BCUT2D eigenvalue weighted by molar-refractivity contribution is 0.528. The molecule has 0 N–H and O–H groups in total. The summed E-state index contributed by atoms with van der Waals surface area (Å²) in [6.07, 6.45) is 3.93. The summed E-state index contributed by atoms with van der Waals surface area (Å²) >= 11 is 0. The quantitative estimate of drug-likeness (QED) is 0.745. The summed E-state index contributed by atoms with van der Waals surface area (Å²) in [5.74, 6) is 0.447. The number of rotatable bonds is 7. The second-order valence-corrected chi connectivity index (χ2v) is 6.54. The van der Waals surface area contributed by atoms with Crippen LogP contribution in [0.25, 0.3) is 0 Å². The van der Waals surface area contributed by atoms with Crippen LogP contribution in [0.5, 0.6) is 0 Å². The monoisotopic (exact) mass is 253 g/mol. The van der Waals surface area contributed by atoms with Crippen molar-refractivity contribution >= 4 is 9.84 Å². The zero-order valence-corrected chi connectivity index (χ0v) is 11.2. The number of benzene rings is 1. The fourth-order valence-electron chi connectivity index (χ4n) is 1.70. The van der Waals surface area contributed by atoms with Crippen molar-refractivity contribution in [2.75, 3.05) is 5.75 Å². The minimum Gasteiger partial charge on any atom is -0.224 e. The lowest BCUT2D eigenvalue weighted by atomic mass is 10.0. The van der Waals surface area contributed by atoms with E-state index < -0.39 is 9.84 Å². The van der Waals surface area contributed by atoms with Crippen molar-refractivity contribution in [3.63, 3.8) is 0 Å². The number of sulfone groups is 1. The van der Waals surface area contributed by atoms with Crippen molar-refractivity contribution in [2.24, 2.45) is 5.92 Å². The molecule has 0 saturated carbocycles. The SMILES string of the molecule is [CH2]C(CCCC)CCS(=O)(=O)c1ccccc1. The van der Waals surface area contributed by atoms with Crippen LogP contribution in [0.3, 0.4) is 0 Å². The summed E-state index contributed by atoms with van der Waals surface area (Å²) in [5.41, 5.74) is 0. The Hall–Kier alpha value is -0.830. The number of hydrogen-bond acceptors (Lipinski definition) is 2. The summed E-state index contributed by atoms with van der Waals surface area (Å²) in [5, 5.41) is 0. The molecule has 1 rings (SSSR count). The van der Waals surface area contributed by atoms with Gasteiger partial charge in [0, 0.05) is 0 Å². The van der Waals surface area contributed by atoms with E-state index in [1.807, 2.05) is 6.07 Å². The lowest BCUT2D eigenvalue weighted by Crippen LogP contribution is -2.10. The predicted octanol–water partition coefficient (Wildman–Crippen LogP) is 3.49. The molecule has 2 nitrogen and oxygen atoms in total. The van der Waals surface area contributed by atoms with Gasteiger partial charge in [-0.3, -0.25) is 0 Å². The van der Waals surface area contributed by atoms with E-state index in [0.29, 0.717) is 11.3 Å². The molecular weight excluding hydrogens is 232 g/mol. The summed E-state index contributed by atoms with van der Waals surface area (Å²) in [6, 6.07) is 8.64. The Morgan fingerprint density at radius 3 is 2.41 bits per heavy atom. The van der Waals surface area contributed by atoms with Crippen LogP contribution in [-0.2, 0) is 9.84 Å². The summed E-state index contributed by atoms with van der Waals surface area (Å²) < 4.78 is 24.0. The Bertz CT molecular complexity index is 409. The average molecular weight is 253 g/mol. The largest absolute Gasteiger partial charge is 0.224 e. The van der Waals surface area contributed by atoms with Crippen LogP contribution in [0.4, 0.5) is 0 Å². The van der Waals surface area contributed by atoms with Gasteiger partial charge in [-0.2, -0.15) is 0 Å². The van der Waals surface area contributed by atoms with Crippen molar-refractivity contribution < 1.29 is 8.42 Å². The third kappa shape index (κ3) is 4.90. The Balaban J connectivity index is 2.51. The van der Waals surface area contributed by atoms with Gasteiger partial charge in [0.1, 0.15) is 0 Å². The molecule has 1 aromatic carbocycles. The van der Waals surface area contributed by atoms with Crippen LogP contribution in [-0.4, -0.2) is 14.2 Å². The van der Waals surface area contributed by atoms with Gasteiger partial charge < -0.3 is 0 Å². The molecule has 0 saturated heterocycles. The van der Waals surface area contributed by atoms with Crippen LogP contribution in [0, 0.1) is 12.8 Å². The van der Waals surface area contributed by atoms with Crippen molar-refractivity contribution in [3.05, 3.63) is 37.3 Å². The first-order valence-corrected chi connectivity index (χ1v) is 7.82. The molecule has 1 aromatic rings. The third-order valence-electron chi connectivity index (χ3n) is 2.86. The number of unbranched alkanes of at least 4 members (excludes halogenated alkanes) is 1. The van der Waals surface area contributed by atoms with Gasteiger partial charge in [-0.15, -0.1) is 0 Å². The van der Waals surface area contributed by atoms with E-state index in [0.717, 1.165) is 19.3 Å². The molecule has 0 fully saturated rings. The van der Waals surface area contributed by atoms with Crippen LogP contribution in [0.2, 0.25) is 0 Å². The summed E-state index contributed by atoms with van der Waals surface area (Å²) in [7, 11) is -3.12. The van der Waals surface area contributed by atoms with Crippen LogP contribution >= 0.6 is 0 Å². The van der Waals surface area contributed by atoms with Crippen molar-refractivity contribution in [2.45, 2.75) is 37.5 Å². The minimum atomic E-state index is -3.12. The smallest absolute Gasteiger partial charge is 0.178 e. The maximum atomic E-state index is 12.0. The highest BCUT2D eigenvalue weighted by molar-refractivity contribution is 7.91. The lowest BCUT2D eigenvalue weighted by Gasteiger charge is -2.10. The molecule has 0 aliphatic heterocycles. The second kappa shape index (κ2) is 6.80. The zero-order valence-electron chi connectivity index (χ0n) is 10.4. The fraction of sp³-hybridized carbons (Fsp3) is 0.500. The van der Waals surface area contributed by atoms with E-state index in [1.54, 1.807) is 24.3 Å². The summed E-state index contributed by atoms with van der Waals surface area (Å²) in [4.78, 5) is 0.419. The normalized spacial score (nSPS) is 13.5. The van der Waals surface area contributed by atoms with Gasteiger partial charge in [0.05, 0.1) is 10.6 Å². The molecule has 3 heteroatoms. The van der Waals surface area contributed by atoms with E-state index in [1.165, 1.54) is 0 Å². The van der Waals surface area contributed by atoms with Gasteiger partial charge in [-0.05, 0) is 24.5 Å². The van der Waals surface area contributed by atoms with Crippen LogP contribution < -0.4 is 0 Å². The molecule has 0 aromatic heterocycles. The second-order valence-electron chi connectivity index (χ2n) is 4.43. The summed E-state index contributed by atoms with van der Waals surface area (Å²) in [6.45, 7) is 6.14. The molecular formula is C14H21O2S. The van der Waals surface area contributed by atoms with Crippen molar-refractivity contribution in [1.82, 2.24) is 0 Å². The van der Waals surface area contributed by atoms with Gasteiger partial charge in [-0.25, -0.2) is 8.42 Å². The van der Waals surface area contributed by atoms with Gasteiger partial charge in [0.25, 0.3) is 0 Å². The van der Waals surface area contributed by atoms with E-state index >= 15 is 0 Å². The van der Waals surface area contributed by atoms with Crippen molar-refractivity contribution in [3.8, 4) is 0 Å².